The largest absolute Gasteiger partial charge is 0.326 e. The van der Waals surface area contributed by atoms with Gasteiger partial charge in [0.15, 0.2) is 0 Å². The molecule has 0 spiro atoms. The highest BCUT2D eigenvalue weighted by Crippen LogP contribution is 2.24. The van der Waals surface area contributed by atoms with E-state index in [0.29, 0.717) is 29.9 Å². The first-order valence-electron chi connectivity index (χ1n) is 8.57. The molecule has 1 aliphatic heterocycles. The highest BCUT2D eigenvalue weighted by Gasteiger charge is 2.33. The van der Waals surface area contributed by atoms with Gasteiger partial charge in [0, 0.05) is 17.9 Å². The predicted octanol–water partition coefficient (Wildman–Crippen LogP) is 3.68. The zero-order valence-electron chi connectivity index (χ0n) is 15.1. The van der Waals surface area contributed by atoms with Crippen LogP contribution in [0.25, 0.3) is 0 Å². The summed E-state index contributed by atoms with van der Waals surface area (Å²) in [4.78, 5) is 26.4. The molecular weight excluding hydrogens is 333 g/mol. The molecule has 1 heterocycles. The first-order valence-corrected chi connectivity index (χ1v) is 8.57. The van der Waals surface area contributed by atoms with Crippen molar-refractivity contribution in [2.24, 2.45) is 0 Å². The highest BCUT2D eigenvalue weighted by atomic mass is 19.1. The predicted molar refractivity (Wildman–Crippen MR) is 100.0 cm³/mol. The molecule has 136 valence electrons. The van der Waals surface area contributed by atoms with Crippen molar-refractivity contribution in [2.45, 2.75) is 33.2 Å². The highest BCUT2D eigenvalue weighted by molar-refractivity contribution is 6.02. The number of aryl methyl sites for hydroxylation is 3. The number of halogens is 1. The van der Waals surface area contributed by atoms with Gasteiger partial charge in [-0.25, -0.2) is 9.18 Å². The first kappa shape index (κ1) is 17.9. The summed E-state index contributed by atoms with van der Waals surface area (Å²) in [5.41, 5.74) is 3.92. The van der Waals surface area contributed by atoms with Crippen LogP contribution in [0.2, 0.25) is 0 Å². The maximum absolute atomic E-state index is 13.4. The third-order valence-corrected chi connectivity index (χ3v) is 4.44. The summed E-state index contributed by atoms with van der Waals surface area (Å²) in [7, 11) is 0. The third kappa shape index (κ3) is 3.85. The van der Waals surface area contributed by atoms with Crippen LogP contribution in [0.1, 0.15) is 23.1 Å². The summed E-state index contributed by atoms with van der Waals surface area (Å²) in [5.74, 6) is -0.491. The van der Waals surface area contributed by atoms with Crippen LogP contribution in [0.3, 0.4) is 0 Å². The fourth-order valence-corrected chi connectivity index (χ4v) is 3.24. The number of carbonyl (C=O) groups is 2. The van der Waals surface area contributed by atoms with E-state index in [0.717, 1.165) is 11.1 Å². The van der Waals surface area contributed by atoms with E-state index in [1.54, 1.807) is 24.0 Å². The van der Waals surface area contributed by atoms with Crippen LogP contribution in [0, 0.1) is 26.6 Å². The lowest BCUT2D eigenvalue weighted by Crippen LogP contribution is -2.43. The number of amides is 3. The molecule has 6 heteroatoms. The zero-order chi connectivity index (χ0) is 18.8. The van der Waals surface area contributed by atoms with Gasteiger partial charge in [-0.1, -0.05) is 6.07 Å². The zero-order valence-corrected chi connectivity index (χ0v) is 15.1. The number of hydrogen-bond donors (Lipinski definition) is 2. The van der Waals surface area contributed by atoms with E-state index in [1.165, 1.54) is 6.07 Å². The summed E-state index contributed by atoms with van der Waals surface area (Å²) >= 11 is 0. The Bertz CT molecular complexity index is 846. The minimum atomic E-state index is -0.591. The molecule has 0 aromatic heterocycles. The molecule has 3 amide bonds. The summed E-state index contributed by atoms with van der Waals surface area (Å²) in [5, 5.41) is 5.50. The van der Waals surface area contributed by atoms with Gasteiger partial charge >= 0.3 is 6.03 Å². The first-order chi connectivity index (χ1) is 12.3. The van der Waals surface area contributed by atoms with Crippen molar-refractivity contribution in [1.82, 2.24) is 5.32 Å². The molecule has 0 unspecified atom stereocenters. The van der Waals surface area contributed by atoms with Crippen molar-refractivity contribution in [1.29, 1.82) is 0 Å². The van der Waals surface area contributed by atoms with E-state index in [9.17, 15) is 14.0 Å². The van der Waals surface area contributed by atoms with Crippen molar-refractivity contribution in [3.05, 3.63) is 58.9 Å². The molecule has 3 rings (SSSR count). The van der Waals surface area contributed by atoms with E-state index < -0.39 is 12.1 Å². The average Bonchev–Trinajstić information content (AvgIpc) is 2.90. The van der Waals surface area contributed by atoms with Gasteiger partial charge in [-0.15, -0.1) is 0 Å². The number of benzene rings is 2. The Morgan fingerprint density at radius 1 is 1.12 bits per heavy atom. The van der Waals surface area contributed by atoms with Gasteiger partial charge in [-0.05, 0) is 74.2 Å². The van der Waals surface area contributed by atoms with E-state index in [4.69, 9.17) is 0 Å². The number of carbonyl (C=O) groups excluding carboxylic acids is 2. The molecular formula is C20H22FN3O2. The number of hydrogen-bond acceptors (Lipinski definition) is 2. The van der Waals surface area contributed by atoms with Gasteiger partial charge in [0.25, 0.3) is 0 Å². The second kappa shape index (κ2) is 7.15. The normalized spacial score (nSPS) is 16.7. The topological polar surface area (TPSA) is 61.4 Å². The van der Waals surface area contributed by atoms with Crippen LogP contribution >= 0.6 is 0 Å². The van der Waals surface area contributed by atoms with Crippen LogP contribution in [0.5, 0.6) is 0 Å². The molecule has 0 radical (unpaired) electrons. The number of nitrogens with one attached hydrogen (secondary N) is 2. The minimum Gasteiger partial charge on any atom is -0.326 e. The van der Waals surface area contributed by atoms with Gasteiger partial charge in [0.2, 0.25) is 5.91 Å². The van der Waals surface area contributed by atoms with Crippen LogP contribution in [-0.2, 0) is 4.79 Å². The molecule has 1 saturated heterocycles. The Kier molecular flexibility index (Phi) is 4.93. The van der Waals surface area contributed by atoms with E-state index in [1.807, 2.05) is 32.0 Å². The summed E-state index contributed by atoms with van der Waals surface area (Å²) in [6, 6.07) is 9.34. The van der Waals surface area contributed by atoms with E-state index in [2.05, 4.69) is 10.6 Å². The monoisotopic (exact) mass is 355 g/mol. The van der Waals surface area contributed by atoms with Crippen molar-refractivity contribution >= 4 is 23.3 Å². The lowest BCUT2D eigenvalue weighted by Gasteiger charge is -2.18. The van der Waals surface area contributed by atoms with Gasteiger partial charge in [0.05, 0.1) is 0 Å². The maximum Gasteiger partial charge on any atom is 0.319 e. The van der Waals surface area contributed by atoms with Crippen LogP contribution in [0.15, 0.2) is 36.4 Å². The Labute approximate surface area is 152 Å². The smallest absolute Gasteiger partial charge is 0.319 e. The van der Waals surface area contributed by atoms with Gasteiger partial charge in [-0.3, -0.25) is 4.79 Å². The molecule has 1 atom stereocenters. The molecule has 26 heavy (non-hydrogen) atoms. The van der Waals surface area contributed by atoms with Crippen molar-refractivity contribution < 1.29 is 14.0 Å². The molecule has 0 bridgehead atoms. The van der Waals surface area contributed by atoms with Crippen molar-refractivity contribution in [3.63, 3.8) is 0 Å². The van der Waals surface area contributed by atoms with Crippen LogP contribution in [0.4, 0.5) is 20.6 Å². The number of rotatable bonds is 3. The Balaban J connectivity index is 1.64. The Morgan fingerprint density at radius 3 is 2.46 bits per heavy atom. The molecule has 2 N–H and O–H groups in total. The Hall–Kier alpha value is -2.89. The molecule has 0 saturated carbocycles. The van der Waals surface area contributed by atoms with E-state index in [-0.39, 0.29) is 11.7 Å². The lowest BCUT2D eigenvalue weighted by molar-refractivity contribution is -0.118. The van der Waals surface area contributed by atoms with Crippen LogP contribution < -0.4 is 15.5 Å². The van der Waals surface area contributed by atoms with Crippen molar-refractivity contribution in [2.75, 3.05) is 16.8 Å². The molecule has 0 aliphatic carbocycles. The Morgan fingerprint density at radius 2 is 1.81 bits per heavy atom. The molecule has 1 fully saturated rings. The SMILES string of the molecule is Cc1cc(C)cc(NC(=O)N[C@@H]2CCN(c3ccc(F)c(C)c3)C2=O)c1. The van der Waals surface area contributed by atoms with Gasteiger partial charge in [0.1, 0.15) is 11.9 Å². The second-order valence-corrected chi connectivity index (χ2v) is 6.74. The average molecular weight is 355 g/mol. The third-order valence-electron chi connectivity index (χ3n) is 4.44. The van der Waals surface area contributed by atoms with E-state index >= 15 is 0 Å². The standard InChI is InChI=1S/C20H22FN3O2/c1-12-8-13(2)10-15(9-12)22-20(26)23-18-6-7-24(19(18)25)16-4-5-17(21)14(3)11-16/h4-5,8-11,18H,6-7H2,1-3H3,(H2,22,23,26)/t18-/m1/s1. The lowest BCUT2D eigenvalue weighted by atomic mass is 10.1. The quantitative estimate of drug-likeness (QED) is 0.882. The summed E-state index contributed by atoms with van der Waals surface area (Å²) in [6.45, 7) is 6.06. The number of nitrogens with zero attached hydrogens (tertiary/aromatic N) is 1. The second-order valence-electron chi connectivity index (χ2n) is 6.74. The van der Waals surface area contributed by atoms with Crippen LogP contribution in [-0.4, -0.2) is 24.5 Å². The molecule has 2 aromatic carbocycles. The van der Waals surface area contributed by atoms with Gasteiger partial charge in [-0.2, -0.15) is 0 Å². The fraction of sp³-hybridized carbons (Fsp3) is 0.300. The molecule has 2 aromatic rings. The molecule has 5 nitrogen and oxygen atoms in total. The maximum atomic E-state index is 13.4. The summed E-state index contributed by atoms with van der Waals surface area (Å²) in [6.07, 6.45) is 0.509. The van der Waals surface area contributed by atoms with Crippen molar-refractivity contribution in [3.8, 4) is 0 Å². The minimum absolute atomic E-state index is 0.188. The molecule has 1 aliphatic rings. The number of anilines is 2. The number of urea groups is 1. The van der Waals surface area contributed by atoms with Gasteiger partial charge < -0.3 is 15.5 Å². The summed E-state index contributed by atoms with van der Waals surface area (Å²) < 4.78 is 13.4. The fourth-order valence-electron chi connectivity index (χ4n) is 3.24.